The molecule has 0 fully saturated rings. The average molecular weight is 269 g/mol. The van der Waals surface area contributed by atoms with Gasteiger partial charge in [-0.25, -0.2) is 0 Å². The predicted octanol–water partition coefficient (Wildman–Crippen LogP) is 1.62. The zero-order chi connectivity index (χ0) is 14.3. The number of rotatable bonds is 8. The maximum Gasteiger partial charge on any atom is 0.203 e. The minimum absolute atomic E-state index is 0.0897. The largest absolute Gasteiger partial charge is 0.493 e. The summed E-state index contributed by atoms with van der Waals surface area (Å²) in [5, 5.41) is 0. The minimum Gasteiger partial charge on any atom is -0.493 e. The van der Waals surface area contributed by atoms with E-state index >= 15 is 0 Å². The molecule has 0 aromatic heterocycles. The van der Waals surface area contributed by atoms with Crippen LogP contribution >= 0.6 is 0 Å². The van der Waals surface area contributed by atoms with E-state index in [1.165, 1.54) is 0 Å². The van der Waals surface area contributed by atoms with E-state index in [-0.39, 0.29) is 6.10 Å². The summed E-state index contributed by atoms with van der Waals surface area (Å²) in [6, 6.07) is 3.84. The number of ether oxygens (including phenoxy) is 4. The van der Waals surface area contributed by atoms with Crippen LogP contribution in [0.1, 0.15) is 12.5 Å². The van der Waals surface area contributed by atoms with Gasteiger partial charge in [-0.2, -0.15) is 0 Å². The Kier molecular flexibility index (Phi) is 6.45. The lowest BCUT2D eigenvalue weighted by Crippen LogP contribution is -2.19. The molecule has 0 aliphatic carbocycles. The maximum absolute atomic E-state index is 5.83. The van der Waals surface area contributed by atoms with E-state index in [4.69, 9.17) is 24.7 Å². The molecule has 19 heavy (non-hydrogen) atoms. The van der Waals surface area contributed by atoms with Crippen LogP contribution in [0.25, 0.3) is 0 Å². The van der Waals surface area contributed by atoms with Gasteiger partial charge in [-0.15, -0.1) is 0 Å². The lowest BCUT2D eigenvalue weighted by atomic mass is 10.1. The summed E-state index contributed by atoms with van der Waals surface area (Å²) in [6.45, 7) is 3.00. The summed E-state index contributed by atoms with van der Waals surface area (Å²) < 4.78 is 21.6. The smallest absolute Gasteiger partial charge is 0.203 e. The molecule has 5 nitrogen and oxygen atoms in total. The standard InChI is InChI=1S/C14H23NO4/c1-10(9-16-2)19-14-12(17-3)7-11(5-6-15)8-13(14)18-4/h7-8,10H,5-6,9,15H2,1-4H3. The molecule has 0 aliphatic rings. The van der Waals surface area contributed by atoms with Gasteiger partial charge in [-0.1, -0.05) is 0 Å². The molecule has 1 aromatic rings. The Hall–Kier alpha value is -1.46. The SMILES string of the molecule is COCC(C)Oc1c(OC)cc(CCN)cc1OC. The second-order valence-electron chi connectivity index (χ2n) is 4.25. The van der Waals surface area contributed by atoms with Crippen LogP contribution in [0.5, 0.6) is 17.2 Å². The topological polar surface area (TPSA) is 62.9 Å². The van der Waals surface area contributed by atoms with Crippen molar-refractivity contribution in [3.63, 3.8) is 0 Å². The Labute approximate surface area is 114 Å². The number of methoxy groups -OCH3 is 3. The average Bonchev–Trinajstić information content (AvgIpc) is 2.40. The van der Waals surface area contributed by atoms with E-state index in [9.17, 15) is 0 Å². The van der Waals surface area contributed by atoms with Crippen molar-refractivity contribution in [3.8, 4) is 17.2 Å². The van der Waals surface area contributed by atoms with Crippen molar-refractivity contribution in [1.82, 2.24) is 0 Å². The highest BCUT2D eigenvalue weighted by Gasteiger charge is 2.16. The van der Waals surface area contributed by atoms with Crippen molar-refractivity contribution in [2.75, 3.05) is 34.5 Å². The van der Waals surface area contributed by atoms with E-state index in [2.05, 4.69) is 0 Å². The zero-order valence-corrected chi connectivity index (χ0v) is 12.1. The summed E-state index contributed by atoms with van der Waals surface area (Å²) >= 11 is 0. The van der Waals surface area contributed by atoms with Gasteiger partial charge < -0.3 is 24.7 Å². The van der Waals surface area contributed by atoms with Gasteiger partial charge in [0.2, 0.25) is 5.75 Å². The Balaban J connectivity index is 3.05. The van der Waals surface area contributed by atoms with Gasteiger partial charge in [0.1, 0.15) is 6.10 Å². The molecule has 2 N–H and O–H groups in total. The Bertz CT molecular complexity index is 370. The van der Waals surface area contributed by atoms with Gasteiger partial charge >= 0.3 is 0 Å². The normalized spacial score (nSPS) is 12.1. The van der Waals surface area contributed by atoms with Crippen LogP contribution in [0.4, 0.5) is 0 Å². The molecule has 0 bridgehead atoms. The molecule has 1 unspecified atom stereocenters. The summed E-state index contributed by atoms with van der Waals surface area (Å²) in [4.78, 5) is 0. The molecule has 1 rings (SSSR count). The van der Waals surface area contributed by atoms with Gasteiger partial charge in [-0.05, 0) is 37.6 Å². The van der Waals surface area contributed by atoms with Crippen LogP contribution in [0, 0.1) is 0 Å². The summed E-state index contributed by atoms with van der Waals surface area (Å²) in [5.74, 6) is 1.88. The Morgan fingerprint density at radius 2 is 1.68 bits per heavy atom. The van der Waals surface area contributed by atoms with Gasteiger partial charge in [0.05, 0.1) is 20.8 Å². The number of hydrogen-bond donors (Lipinski definition) is 1. The highest BCUT2D eigenvalue weighted by molar-refractivity contribution is 5.54. The fourth-order valence-electron chi connectivity index (χ4n) is 1.83. The molecule has 5 heteroatoms. The molecule has 0 saturated carbocycles. The fourth-order valence-corrected chi connectivity index (χ4v) is 1.83. The lowest BCUT2D eigenvalue weighted by Gasteiger charge is -2.19. The van der Waals surface area contributed by atoms with Crippen LogP contribution < -0.4 is 19.9 Å². The van der Waals surface area contributed by atoms with Crippen molar-refractivity contribution in [2.24, 2.45) is 5.73 Å². The molecule has 0 radical (unpaired) electrons. The van der Waals surface area contributed by atoms with Gasteiger partial charge in [-0.3, -0.25) is 0 Å². The maximum atomic E-state index is 5.83. The van der Waals surface area contributed by atoms with Crippen LogP contribution in [0.3, 0.4) is 0 Å². The molecule has 108 valence electrons. The van der Waals surface area contributed by atoms with Crippen molar-refractivity contribution in [2.45, 2.75) is 19.4 Å². The van der Waals surface area contributed by atoms with E-state index < -0.39 is 0 Å². The van der Waals surface area contributed by atoms with Gasteiger partial charge in [0.25, 0.3) is 0 Å². The molecule has 1 aromatic carbocycles. The Morgan fingerprint density at radius 1 is 1.11 bits per heavy atom. The van der Waals surface area contributed by atoms with Crippen LogP contribution in [0.15, 0.2) is 12.1 Å². The van der Waals surface area contributed by atoms with Gasteiger partial charge in [0, 0.05) is 7.11 Å². The number of benzene rings is 1. The molecule has 0 heterocycles. The van der Waals surface area contributed by atoms with Crippen LogP contribution in [-0.4, -0.2) is 40.6 Å². The molecule has 1 atom stereocenters. The summed E-state index contributed by atoms with van der Waals surface area (Å²) in [7, 11) is 4.85. The highest BCUT2D eigenvalue weighted by Crippen LogP contribution is 2.39. The monoisotopic (exact) mass is 269 g/mol. The molecular formula is C14H23NO4. The lowest BCUT2D eigenvalue weighted by molar-refractivity contribution is 0.0877. The number of nitrogens with two attached hydrogens (primary N) is 1. The second-order valence-corrected chi connectivity index (χ2v) is 4.25. The fraction of sp³-hybridized carbons (Fsp3) is 0.571. The van der Waals surface area contributed by atoms with E-state index in [0.29, 0.717) is 30.4 Å². The van der Waals surface area contributed by atoms with E-state index in [0.717, 1.165) is 12.0 Å². The van der Waals surface area contributed by atoms with E-state index in [1.54, 1.807) is 21.3 Å². The first-order valence-corrected chi connectivity index (χ1v) is 6.26. The first-order chi connectivity index (χ1) is 9.15. The molecule has 0 spiro atoms. The third kappa shape index (κ3) is 4.29. The molecule has 0 amide bonds. The predicted molar refractivity (Wildman–Crippen MR) is 74.3 cm³/mol. The van der Waals surface area contributed by atoms with Crippen molar-refractivity contribution in [3.05, 3.63) is 17.7 Å². The third-order valence-corrected chi connectivity index (χ3v) is 2.67. The van der Waals surface area contributed by atoms with Crippen molar-refractivity contribution in [1.29, 1.82) is 0 Å². The van der Waals surface area contributed by atoms with Crippen LogP contribution in [-0.2, 0) is 11.2 Å². The van der Waals surface area contributed by atoms with Crippen LogP contribution in [0.2, 0.25) is 0 Å². The second kappa shape index (κ2) is 7.86. The summed E-state index contributed by atoms with van der Waals surface area (Å²) in [5.41, 5.74) is 6.63. The molecular weight excluding hydrogens is 246 g/mol. The van der Waals surface area contributed by atoms with Crippen molar-refractivity contribution >= 4 is 0 Å². The minimum atomic E-state index is -0.0897. The number of hydrogen-bond acceptors (Lipinski definition) is 5. The van der Waals surface area contributed by atoms with Crippen molar-refractivity contribution < 1.29 is 18.9 Å². The first-order valence-electron chi connectivity index (χ1n) is 6.26. The highest BCUT2D eigenvalue weighted by atomic mass is 16.6. The summed E-state index contributed by atoms with van der Waals surface area (Å²) in [6.07, 6.45) is 0.675. The first kappa shape index (κ1) is 15.6. The molecule has 0 saturated heterocycles. The zero-order valence-electron chi connectivity index (χ0n) is 12.1. The third-order valence-electron chi connectivity index (χ3n) is 2.67. The molecule has 0 aliphatic heterocycles. The Morgan fingerprint density at radius 3 is 2.11 bits per heavy atom. The van der Waals surface area contributed by atoms with Gasteiger partial charge in [0.15, 0.2) is 11.5 Å². The van der Waals surface area contributed by atoms with E-state index in [1.807, 2.05) is 19.1 Å². The quantitative estimate of drug-likeness (QED) is 0.777.